The van der Waals surface area contributed by atoms with Crippen molar-refractivity contribution >= 4 is 42.2 Å². The van der Waals surface area contributed by atoms with Crippen LogP contribution in [0.5, 0.6) is 11.5 Å². The van der Waals surface area contributed by atoms with Crippen LogP contribution >= 0.6 is 27.3 Å². The van der Waals surface area contributed by atoms with Crippen molar-refractivity contribution in [2.24, 2.45) is 0 Å². The normalized spacial score (nSPS) is 15.1. The topological polar surface area (TPSA) is 68.7 Å². The Kier molecular flexibility index (Phi) is 6.55. The van der Waals surface area contributed by atoms with Crippen LogP contribution in [0.1, 0.15) is 12.8 Å². The van der Waals surface area contributed by atoms with E-state index in [9.17, 15) is 8.42 Å². The minimum absolute atomic E-state index is 0.372. The summed E-state index contributed by atoms with van der Waals surface area (Å²) in [6.07, 6.45) is 1.17. The third-order valence-electron chi connectivity index (χ3n) is 5.45. The molecule has 1 fully saturated rings. The molecule has 1 saturated heterocycles. The van der Waals surface area contributed by atoms with E-state index in [-0.39, 0.29) is 5.25 Å². The first-order chi connectivity index (χ1) is 14.9. The first kappa shape index (κ1) is 22.1. The summed E-state index contributed by atoms with van der Waals surface area (Å²) in [6.45, 7) is 1.33. The van der Waals surface area contributed by atoms with Crippen molar-refractivity contribution < 1.29 is 17.9 Å². The number of methoxy groups -OCH3 is 2. The Morgan fingerprint density at radius 2 is 1.81 bits per heavy atom. The zero-order valence-corrected chi connectivity index (χ0v) is 20.5. The summed E-state index contributed by atoms with van der Waals surface area (Å²) < 4.78 is 37.5. The predicted molar refractivity (Wildman–Crippen MR) is 127 cm³/mol. The number of benzene rings is 2. The van der Waals surface area contributed by atoms with Gasteiger partial charge in [-0.15, -0.1) is 11.3 Å². The molecule has 2 heterocycles. The molecule has 0 unspecified atom stereocenters. The molecule has 0 radical (unpaired) electrons. The maximum atomic E-state index is 13.0. The summed E-state index contributed by atoms with van der Waals surface area (Å²) in [5, 5.41) is 2.55. The maximum Gasteiger partial charge on any atom is 0.185 e. The van der Waals surface area contributed by atoms with Gasteiger partial charge >= 0.3 is 0 Å². The molecule has 1 aliphatic rings. The van der Waals surface area contributed by atoms with E-state index in [1.807, 2.05) is 29.6 Å². The zero-order chi connectivity index (χ0) is 22.0. The van der Waals surface area contributed by atoms with E-state index in [0.29, 0.717) is 42.3 Å². The molecule has 9 heteroatoms. The van der Waals surface area contributed by atoms with Gasteiger partial charge in [-0.3, -0.25) is 0 Å². The quantitative estimate of drug-likeness (QED) is 0.452. The van der Waals surface area contributed by atoms with Crippen LogP contribution in [0.2, 0.25) is 0 Å². The number of hydrogen-bond donors (Lipinski definition) is 0. The van der Waals surface area contributed by atoms with Gasteiger partial charge in [0.25, 0.3) is 0 Å². The highest BCUT2D eigenvalue weighted by Gasteiger charge is 2.32. The summed E-state index contributed by atoms with van der Waals surface area (Å²) in [5.41, 5.74) is 1.82. The number of ether oxygens (including phenoxy) is 2. The Hall–Kier alpha value is -2.10. The van der Waals surface area contributed by atoms with Gasteiger partial charge in [0.1, 0.15) is 0 Å². The predicted octanol–water partition coefficient (Wildman–Crippen LogP) is 5.03. The van der Waals surface area contributed by atoms with Crippen LogP contribution in [0.3, 0.4) is 0 Å². The van der Waals surface area contributed by atoms with Gasteiger partial charge in [0, 0.05) is 28.5 Å². The molecule has 0 saturated carbocycles. The van der Waals surface area contributed by atoms with E-state index < -0.39 is 9.84 Å². The number of thiazole rings is 1. The summed E-state index contributed by atoms with van der Waals surface area (Å²) in [7, 11) is -0.120. The highest BCUT2D eigenvalue weighted by Crippen LogP contribution is 2.35. The minimum atomic E-state index is -3.34. The Labute approximate surface area is 194 Å². The lowest BCUT2D eigenvalue weighted by Crippen LogP contribution is -2.39. The first-order valence-corrected chi connectivity index (χ1v) is 13.1. The number of anilines is 1. The van der Waals surface area contributed by atoms with E-state index in [4.69, 9.17) is 14.5 Å². The molecule has 1 aromatic heterocycles. The van der Waals surface area contributed by atoms with E-state index >= 15 is 0 Å². The van der Waals surface area contributed by atoms with Crippen LogP contribution in [-0.4, -0.2) is 46.0 Å². The molecule has 6 nitrogen and oxygen atoms in total. The summed E-state index contributed by atoms with van der Waals surface area (Å²) in [4.78, 5) is 7.33. The lowest BCUT2D eigenvalue weighted by Gasteiger charge is -2.31. The number of rotatable bonds is 6. The Balaban J connectivity index is 1.46. The maximum absolute atomic E-state index is 13.0. The molecular weight excluding hydrogens is 500 g/mol. The number of piperidine rings is 1. The fourth-order valence-corrected chi connectivity index (χ4v) is 6.95. The van der Waals surface area contributed by atoms with E-state index in [0.717, 1.165) is 20.9 Å². The summed E-state index contributed by atoms with van der Waals surface area (Å²) in [5.74, 6) is 1.34. The van der Waals surface area contributed by atoms with E-state index in [1.165, 1.54) is 0 Å². The van der Waals surface area contributed by atoms with Crippen molar-refractivity contribution in [3.8, 4) is 22.8 Å². The molecule has 0 spiro atoms. The largest absolute Gasteiger partial charge is 0.493 e. The summed E-state index contributed by atoms with van der Waals surface area (Å²) >= 11 is 4.93. The van der Waals surface area contributed by atoms with Crippen LogP contribution in [0, 0.1) is 0 Å². The van der Waals surface area contributed by atoms with Gasteiger partial charge in [-0.1, -0.05) is 22.0 Å². The zero-order valence-electron chi connectivity index (χ0n) is 17.2. The average molecular weight is 523 g/mol. The van der Waals surface area contributed by atoms with Crippen LogP contribution in [0.4, 0.5) is 5.13 Å². The lowest BCUT2D eigenvalue weighted by molar-refractivity contribution is 0.355. The lowest BCUT2D eigenvalue weighted by atomic mass is 10.1. The standard InChI is InChI=1S/C22H23BrN2O4S2/c1-28-20-7-6-15(12-21(20)29-2)19-14-30-22(24-19)25-10-8-17(9-11-25)31(26,27)18-5-3-4-16(23)13-18/h3-7,12-14,17H,8-11H2,1-2H3. The van der Waals surface area contributed by atoms with E-state index in [1.54, 1.807) is 43.8 Å². The molecule has 0 atom stereocenters. The van der Waals surface area contributed by atoms with Crippen molar-refractivity contribution in [1.82, 2.24) is 4.98 Å². The molecule has 3 aromatic rings. The Morgan fingerprint density at radius 3 is 2.48 bits per heavy atom. The third-order valence-corrected chi connectivity index (χ3v) is 9.10. The van der Waals surface area contributed by atoms with Crippen molar-refractivity contribution in [1.29, 1.82) is 0 Å². The molecule has 0 bridgehead atoms. The number of sulfone groups is 1. The molecule has 1 aliphatic heterocycles. The number of halogens is 1. The Bertz CT molecular complexity index is 1170. The molecule has 0 aliphatic carbocycles. The second kappa shape index (κ2) is 9.18. The molecule has 31 heavy (non-hydrogen) atoms. The van der Waals surface area contributed by atoms with Crippen LogP contribution in [-0.2, 0) is 9.84 Å². The minimum Gasteiger partial charge on any atom is -0.493 e. The van der Waals surface area contributed by atoms with Crippen molar-refractivity contribution in [2.45, 2.75) is 23.0 Å². The smallest absolute Gasteiger partial charge is 0.185 e. The van der Waals surface area contributed by atoms with Gasteiger partial charge in [0.05, 0.1) is 30.1 Å². The highest BCUT2D eigenvalue weighted by atomic mass is 79.9. The first-order valence-electron chi connectivity index (χ1n) is 9.84. The van der Waals surface area contributed by atoms with Gasteiger partial charge in [0.2, 0.25) is 0 Å². The monoisotopic (exact) mass is 522 g/mol. The van der Waals surface area contributed by atoms with Crippen LogP contribution in [0.25, 0.3) is 11.3 Å². The third kappa shape index (κ3) is 4.58. The Morgan fingerprint density at radius 1 is 1.06 bits per heavy atom. The average Bonchev–Trinajstić information content (AvgIpc) is 3.29. The van der Waals surface area contributed by atoms with Gasteiger partial charge < -0.3 is 14.4 Å². The molecule has 0 N–H and O–H groups in total. The molecule has 0 amide bonds. The van der Waals surface area contributed by atoms with Gasteiger partial charge in [0.15, 0.2) is 26.5 Å². The van der Waals surface area contributed by atoms with Crippen molar-refractivity contribution in [3.63, 3.8) is 0 Å². The van der Waals surface area contributed by atoms with Gasteiger partial charge in [-0.25, -0.2) is 13.4 Å². The SMILES string of the molecule is COc1ccc(-c2csc(N3CCC(S(=O)(=O)c4cccc(Br)c4)CC3)n2)cc1OC. The number of hydrogen-bond acceptors (Lipinski definition) is 7. The molecular formula is C22H23BrN2O4S2. The molecule has 164 valence electrons. The fourth-order valence-electron chi connectivity index (χ4n) is 3.73. The van der Waals surface area contributed by atoms with E-state index in [2.05, 4.69) is 20.8 Å². The fraction of sp³-hybridized carbons (Fsp3) is 0.318. The second-order valence-electron chi connectivity index (χ2n) is 7.27. The van der Waals surface area contributed by atoms with Gasteiger partial charge in [-0.05, 0) is 49.2 Å². The molecule has 4 rings (SSSR count). The van der Waals surface area contributed by atoms with Crippen molar-refractivity contribution in [2.75, 3.05) is 32.2 Å². The number of nitrogens with zero attached hydrogens (tertiary/aromatic N) is 2. The van der Waals surface area contributed by atoms with Gasteiger partial charge in [-0.2, -0.15) is 0 Å². The van der Waals surface area contributed by atoms with Crippen LogP contribution in [0.15, 0.2) is 57.2 Å². The number of aromatic nitrogens is 1. The molecule has 2 aromatic carbocycles. The summed E-state index contributed by atoms with van der Waals surface area (Å²) in [6, 6.07) is 12.7. The van der Waals surface area contributed by atoms with Crippen LogP contribution < -0.4 is 14.4 Å². The second-order valence-corrected chi connectivity index (χ2v) is 11.3. The van der Waals surface area contributed by atoms with Crippen molar-refractivity contribution in [3.05, 3.63) is 52.3 Å². The highest BCUT2D eigenvalue weighted by molar-refractivity contribution is 9.10.